The molecule has 0 radical (unpaired) electrons. The summed E-state index contributed by atoms with van der Waals surface area (Å²) < 4.78 is 13.6. The van der Waals surface area contributed by atoms with Gasteiger partial charge in [0.15, 0.2) is 0 Å². The lowest BCUT2D eigenvalue weighted by molar-refractivity contribution is -0.119. The third kappa shape index (κ3) is 3.95. The van der Waals surface area contributed by atoms with Crippen molar-refractivity contribution >= 4 is 28.4 Å². The Morgan fingerprint density at radius 2 is 1.75 bits per heavy atom. The number of rotatable bonds is 5. The molecule has 1 unspecified atom stereocenters. The number of hydrogen-bond acceptors (Lipinski definition) is 2. The smallest absolute Gasteiger partial charge is 0.230 e. The highest BCUT2D eigenvalue weighted by molar-refractivity contribution is 8.00. The fraction of sp³-hybridized carbons (Fsp3) is 0.150. The van der Waals surface area contributed by atoms with Crippen LogP contribution in [0.2, 0.25) is 0 Å². The maximum atomic E-state index is 13.6. The maximum Gasteiger partial charge on any atom is 0.230 e. The number of carbonyl (C=O) groups excluding carboxylic acids is 1. The number of benzene rings is 3. The second-order valence-electron chi connectivity index (χ2n) is 5.61. The minimum atomic E-state index is -0.294. The third-order valence-electron chi connectivity index (χ3n) is 3.85. The minimum Gasteiger partial charge on any atom is -0.349 e. The van der Waals surface area contributed by atoms with E-state index >= 15 is 0 Å². The van der Waals surface area contributed by atoms with Crippen LogP contribution in [0.3, 0.4) is 0 Å². The lowest BCUT2D eigenvalue weighted by Crippen LogP contribution is -2.28. The average Bonchev–Trinajstić information content (AvgIpc) is 2.60. The average molecular weight is 339 g/mol. The van der Waals surface area contributed by atoms with Crippen molar-refractivity contribution in [1.29, 1.82) is 0 Å². The van der Waals surface area contributed by atoms with Crippen molar-refractivity contribution in [2.75, 3.05) is 5.75 Å². The van der Waals surface area contributed by atoms with Crippen molar-refractivity contribution in [3.05, 3.63) is 78.1 Å². The highest BCUT2D eigenvalue weighted by Crippen LogP contribution is 2.22. The van der Waals surface area contributed by atoms with Crippen LogP contribution in [0.1, 0.15) is 18.5 Å². The van der Waals surface area contributed by atoms with Crippen molar-refractivity contribution in [2.24, 2.45) is 0 Å². The van der Waals surface area contributed by atoms with Gasteiger partial charge in [0, 0.05) is 4.90 Å². The molecule has 1 N–H and O–H groups in total. The van der Waals surface area contributed by atoms with Crippen molar-refractivity contribution in [2.45, 2.75) is 17.9 Å². The van der Waals surface area contributed by atoms with Crippen molar-refractivity contribution in [1.82, 2.24) is 5.32 Å². The summed E-state index contributed by atoms with van der Waals surface area (Å²) in [5.41, 5.74) is 1.05. The van der Waals surface area contributed by atoms with E-state index in [9.17, 15) is 9.18 Å². The molecule has 0 bridgehead atoms. The van der Waals surface area contributed by atoms with Crippen molar-refractivity contribution < 1.29 is 9.18 Å². The Morgan fingerprint density at radius 1 is 1.04 bits per heavy atom. The van der Waals surface area contributed by atoms with Gasteiger partial charge in [0.2, 0.25) is 5.91 Å². The molecule has 4 heteroatoms. The van der Waals surface area contributed by atoms with E-state index in [-0.39, 0.29) is 23.5 Å². The van der Waals surface area contributed by atoms with Crippen LogP contribution in [0.25, 0.3) is 10.8 Å². The zero-order valence-electron chi connectivity index (χ0n) is 13.3. The van der Waals surface area contributed by atoms with Crippen LogP contribution >= 0.6 is 11.8 Å². The fourth-order valence-corrected chi connectivity index (χ4v) is 3.30. The van der Waals surface area contributed by atoms with Gasteiger partial charge < -0.3 is 5.32 Å². The summed E-state index contributed by atoms with van der Waals surface area (Å²) in [6, 6.07) is 20.7. The van der Waals surface area contributed by atoms with Gasteiger partial charge in [-0.2, -0.15) is 0 Å². The van der Waals surface area contributed by atoms with Crippen molar-refractivity contribution in [3.63, 3.8) is 0 Å². The standard InChI is InChI=1S/C20H18FNOS/c1-14(16-11-10-15-6-2-3-7-17(15)12-16)22-20(23)13-24-19-9-5-4-8-18(19)21/h2-12,14H,13H2,1H3,(H,22,23). The molecule has 122 valence electrons. The van der Waals surface area contributed by atoms with Gasteiger partial charge in [-0.3, -0.25) is 4.79 Å². The SMILES string of the molecule is CC(NC(=O)CSc1ccccc1F)c1ccc2ccccc2c1. The molecule has 3 rings (SSSR count). The Kier molecular flexibility index (Phi) is 5.16. The molecule has 0 aliphatic heterocycles. The molecule has 0 saturated carbocycles. The summed E-state index contributed by atoms with van der Waals surface area (Å²) in [6.07, 6.45) is 0. The van der Waals surface area contributed by atoms with Gasteiger partial charge in [0.1, 0.15) is 5.82 Å². The monoisotopic (exact) mass is 339 g/mol. The van der Waals surface area contributed by atoms with Crippen LogP contribution in [-0.2, 0) is 4.79 Å². The van der Waals surface area contributed by atoms with Crippen LogP contribution < -0.4 is 5.32 Å². The molecular formula is C20H18FNOS. The van der Waals surface area contributed by atoms with Crippen LogP contribution in [-0.4, -0.2) is 11.7 Å². The highest BCUT2D eigenvalue weighted by atomic mass is 32.2. The lowest BCUT2D eigenvalue weighted by Gasteiger charge is -2.15. The molecule has 0 aliphatic carbocycles. The lowest BCUT2D eigenvalue weighted by atomic mass is 10.0. The van der Waals surface area contributed by atoms with Crippen LogP contribution in [0.4, 0.5) is 4.39 Å². The molecule has 0 heterocycles. The maximum absolute atomic E-state index is 13.6. The normalized spacial score (nSPS) is 12.1. The molecule has 1 atom stereocenters. The molecule has 3 aromatic rings. The van der Waals surface area contributed by atoms with Crippen LogP contribution in [0.15, 0.2) is 71.6 Å². The number of amides is 1. The third-order valence-corrected chi connectivity index (χ3v) is 4.90. The second-order valence-corrected chi connectivity index (χ2v) is 6.63. The number of thioether (sulfide) groups is 1. The van der Waals surface area contributed by atoms with Gasteiger partial charge in [-0.15, -0.1) is 11.8 Å². The fourth-order valence-electron chi connectivity index (χ4n) is 2.55. The summed E-state index contributed by atoms with van der Waals surface area (Å²) in [5, 5.41) is 5.29. The Morgan fingerprint density at radius 3 is 2.54 bits per heavy atom. The van der Waals surface area contributed by atoms with Gasteiger partial charge in [0.25, 0.3) is 0 Å². The molecular weight excluding hydrogens is 321 g/mol. The van der Waals surface area contributed by atoms with Gasteiger partial charge in [-0.05, 0) is 41.5 Å². The molecule has 0 fully saturated rings. The zero-order chi connectivity index (χ0) is 16.9. The molecule has 2 nitrogen and oxygen atoms in total. The quantitative estimate of drug-likeness (QED) is 0.667. The van der Waals surface area contributed by atoms with E-state index in [4.69, 9.17) is 0 Å². The molecule has 3 aromatic carbocycles. The summed E-state index contributed by atoms with van der Waals surface area (Å²) in [4.78, 5) is 12.6. The van der Waals surface area contributed by atoms with E-state index in [0.717, 1.165) is 10.9 Å². The summed E-state index contributed by atoms with van der Waals surface area (Å²) >= 11 is 1.21. The Labute approximate surface area is 145 Å². The number of carbonyl (C=O) groups is 1. The summed E-state index contributed by atoms with van der Waals surface area (Å²) in [5.74, 6) is -0.208. The molecule has 24 heavy (non-hydrogen) atoms. The van der Waals surface area contributed by atoms with E-state index in [2.05, 4.69) is 29.6 Å². The molecule has 0 aliphatic rings. The molecule has 0 aromatic heterocycles. The molecule has 0 spiro atoms. The summed E-state index contributed by atoms with van der Waals surface area (Å²) in [7, 11) is 0. The molecule has 1 amide bonds. The van der Waals surface area contributed by atoms with Gasteiger partial charge >= 0.3 is 0 Å². The largest absolute Gasteiger partial charge is 0.349 e. The van der Waals surface area contributed by atoms with Crippen LogP contribution in [0.5, 0.6) is 0 Å². The summed E-state index contributed by atoms with van der Waals surface area (Å²) in [6.45, 7) is 1.95. The predicted octanol–water partition coefficient (Wildman–Crippen LogP) is 4.95. The van der Waals surface area contributed by atoms with Crippen molar-refractivity contribution in [3.8, 4) is 0 Å². The number of hydrogen-bond donors (Lipinski definition) is 1. The van der Waals surface area contributed by atoms with E-state index in [1.54, 1.807) is 18.2 Å². The zero-order valence-corrected chi connectivity index (χ0v) is 14.1. The Balaban J connectivity index is 1.61. The van der Waals surface area contributed by atoms with E-state index in [1.165, 1.54) is 23.2 Å². The van der Waals surface area contributed by atoms with E-state index < -0.39 is 0 Å². The highest BCUT2D eigenvalue weighted by Gasteiger charge is 2.11. The number of nitrogens with one attached hydrogen (secondary N) is 1. The first-order valence-corrected chi connectivity index (χ1v) is 8.77. The first-order chi connectivity index (χ1) is 11.6. The predicted molar refractivity (Wildman–Crippen MR) is 97.6 cm³/mol. The molecule has 0 saturated heterocycles. The second kappa shape index (κ2) is 7.49. The number of halogens is 1. The minimum absolute atomic E-state index is 0.0941. The van der Waals surface area contributed by atoms with Crippen LogP contribution in [0, 0.1) is 5.82 Å². The van der Waals surface area contributed by atoms with E-state index in [1.807, 2.05) is 25.1 Å². The van der Waals surface area contributed by atoms with E-state index in [0.29, 0.717) is 4.90 Å². The van der Waals surface area contributed by atoms with Gasteiger partial charge in [-0.25, -0.2) is 4.39 Å². The Bertz CT molecular complexity index is 865. The topological polar surface area (TPSA) is 29.1 Å². The number of fused-ring (bicyclic) bond motifs is 1. The Hall–Kier alpha value is -2.33. The van der Waals surface area contributed by atoms with Gasteiger partial charge in [-0.1, -0.05) is 48.5 Å². The van der Waals surface area contributed by atoms with Gasteiger partial charge in [0.05, 0.1) is 11.8 Å². The first-order valence-electron chi connectivity index (χ1n) is 7.79. The first kappa shape index (κ1) is 16.5.